The highest BCUT2D eigenvalue weighted by Gasteiger charge is 2.36. The Kier molecular flexibility index (Phi) is 2.69. The van der Waals surface area contributed by atoms with Gasteiger partial charge in [-0.3, -0.25) is 4.90 Å². The predicted octanol–water partition coefficient (Wildman–Crippen LogP) is 1.31. The third-order valence-corrected chi connectivity index (χ3v) is 3.82. The van der Waals surface area contributed by atoms with Crippen molar-refractivity contribution >= 4 is 0 Å². The van der Waals surface area contributed by atoms with Crippen molar-refractivity contribution in [2.75, 3.05) is 13.1 Å². The summed E-state index contributed by atoms with van der Waals surface area (Å²) >= 11 is 0. The van der Waals surface area contributed by atoms with Gasteiger partial charge in [-0.2, -0.15) is 0 Å². The molecule has 2 aliphatic heterocycles. The highest BCUT2D eigenvalue weighted by molar-refractivity contribution is 5.04. The lowest BCUT2D eigenvalue weighted by Gasteiger charge is -2.20. The zero-order valence-electron chi connectivity index (χ0n) is 9.78. The number of nitrogens with zero attached hydrogens (tertiary/aromatic N) is 2. The average molecular weight is 221 g/mol. The first-order valence-electron chi connectivity index (χ1n) is 6.22. The molecule has 1 aromatic rings. The van der Waals surface area contributed by atoms with Crippen molar-refractivity contribution in [3.63, 3.8) is 0 Å². The molecule has 3 rings (SSSR count). The van der Waals surface area contributed by atoms with Gasteiger partial charge in [0, 0.05) is 24.7 Å². The maximum absolute atomic E-state index is 5.21. The number of nitrogens with one attached hydrogen (secondary N) is 1. The molecule has 3 heterocycles. The van der Waals surface area contributed by atoms with Crippen LogP contribution < -0.4 is 5.32 Å². The van der Waals surface area contributed by atoms with Gasteiger partial charge in [-0.15, -0.1) is 0 Å². The first-order chi connectivity index (χ1) is 7.83. The van der Waals surface area contributed by atoms with Crippen LogP contribution in [0.15, 0.2) is 10.6 Å². The van der Waals surface area contributed by atoms with Crippen molar-refractivity contribution in [2.45, 2.75) is 44.8 Å². The third-order valence-electron chi connectivity index (χ3n) is 3.82. The van der Waals surface area contributed by atoms with Crippen LogP contribution in [0.2, 0.25) is 0 Å². The van der Waals surface area contributed by atoms with Gasteiger partial charge in [0.25, 0.3) is 0 Å². The Labute approximate surface area is 96.0 Å². The van der Waals surface area contributed by atoms with E-state index in [0.717, 1.165) is 24.0 Å². The van der Waals surface area contributed by atoms with Crippen LogP contribution in [-0.2, 0) is 6.54 Å². The lowest BCUT2D eigenvalue weighted by Crippen LogP contribution is -2.38. The van der Waals surface area contributed by atoms with Crippen molar-refractivity contribution in [3.05, 3.63) is 17.5 Å². The zero-order valence-corrected chi connectivity index (χ0v) is 9.78. The van der Waals surface area contributed by atoms with Crippen molar-refractivity contribution in [1.29, 1.82) is 0 Å². The normalized spacial score (nSPS) is 29.8. The SMILES string of the molecule is Cc1cc(CNC2CCN3CCCC23)on1. The number of aromatic nitrogens is 1. The fourth-order valence-corrected chi connectivity index (χ4v) is 3.05. The van der Waals surface area contributed by atoms with E-state index in [0.29, 0.717) is 6.04 Å². The first kappa shape index (κ1) is 10.3. The van der Waals surface area contributed by atoms with E-state index in [2.05, 4.69) is 15.4 Å². The van der Waals surface area contributed by atoms with Gasteiger partial charge in [-0.25, -0.2) is 0 Å². The molecule has 2 saturated heterocycles. The molecule has 0 radical (unpaired) electrons. The van der Waals surface area contributed by atoms with Gasteiger partial charge >= 0.3 is 0 Å². The highest BCUT2D eigenvalue weighted by atomic mass is 16.5. The molecule has 0 bridgehead atoms. The zero-order chi connectivity index (χ0) is 11.0. The molecule has 1 aromatic heterocycles. The number of rotatable bonds is 3. The molecule has 2 aliphatic rings. The van der Waals surface area contributed by atoms with Gasteiger partial charge in [-0.05, 0) is 32.7 Å². The monoisotopic (exact) mass is 221 g/mol. The summed E-state index contributed by atoms with van der Waals surface area (Å²) in [5.41, 5.74) is 0.964. The number of fused-ring (bicyclic) bond motifs is 1. The molecular formula is C12H19N3O. The van der Waals surface area contributed by atoms with E-state index in [1.165, 1.54) is 32.4 Å². The fraction of sp³-hybridized carbons (Fsp3) is 0.750. The van der Waals surface area contributed by atoms with E-state index in [-0.39, 0.29) is 0 Å². The molecule has 0 saturated carbocycles. The van der Waals surface area contributed by atoms with E-state index in [1.54, 1.807) is 0 Å². The maximum atomic E-state index is 5.21. The molecule has 0 aromatic carbocycles. The summed E-state index contributed by atoms with van der Waals surface area (Å²) in [7, 11) is 0. The first-order valence-corrected chi connectivity index (χ1v) is 6.22. The van der Waals surface area contributed by atoms with Crippen molar-refractivity contribution in [2.24, 2.45) is 0 Å². The van der Waals surface area contributed by atoms with Crippen LogP contribution in [0, 0.1) is 6.92 Å². The Balaban J connectivity index is 1.55. The molecule has 2 atom stereocenters. The number of aryl methyl sites for hydroxylation is 1. The van der Waals surface area contributed by atoms with Gasteiger partial charge in [-0.1, -0.05) is 5.16 Å². The fourth-order valence-electron chi connectivity index (χ4n) is 3.05. The topological polar surface area (TPSA) is 41.3 Å². The Morgan fingerprint density at radius 2 is 2.44 bits per heavy atom. The highest BCUT2D eigenvalue weighted by Crippen LogP contribution is 2.28. The van der Waals surface area contributed by atoms with Gasteiger partial charge in [0.2, 0.25) is 0 Å². The summed E-state index contributed by atoms with van der Waals surface area (Å²) in [4.78, 5) is 2.61. The van der Waals surface area contributed by atoms with Crippen LogP contribution in [-0.4, -0.2) is 35.2 Å². The number of hydrogen-bond acceptors (Lipinski definition) is 4. The molecule has 0 aliphatic carbocycles. The molecule has 4 nitrogen and oxygen atoms in total. The van der Waals surface area contributed by atoms with Gasteiger partial charge < -0.3 is 9.84 Å². The van der Waals surface area contributed by atoms with Crippen LogP contribution in [0.4, 0.5) is 0 Å². The maximum Gasteiger partial charge on any atom is 0.150 e. The van der Waals surface area contributed by atoms with E-state index in [1.807, 2.05) is 13.0 Å². The average Bonchev–Trinajstić information content (AvgIpc) is 2.91. The summed E-state index contributed by atoms with van der Waals surface area (Å²) < 4.78 is 5.21. The van der Waals surface area contributed by atoms with E-state index >= 15 is 0 Å². The van der Waals surface area contributed by atoms with Crippen LogP contribution in [0.25, 0.3) is 0 Å². The van der Waals surface area contributed by atoms with E-state index < -0.39 is 0 Å². The molecule has 0 spiro atoms. The van der Waals surface area contributed by atoms with Crippen molar-refractivity contribution in [1.82, 2.24) is 15.4 Å². The third kappa shape index (κ3) is 1.87. The summed E-state index contributed by atoms with van der Waals surface area (Å²) in [5, 5.41) is 7.51. The largest absolute Gasteiger partial charge is 0.360 e. The molecule has 2 fully saturated rings. The summed E-state index contributed by atoms with van der Waals surface area (Å²) in [6, 6.07) is 3.42. The summed E-state index contributed by atoms with van der Waals surface area (Å²) in [5.74, 6) is 0.953. The minimum Gasteiger partial charge on any atom is -0.360 e. The second kappa shape index (κ2) is 4.18. The minimum absolute atomic E-state index is 0.646. The Morgan fingerprint density at radius 1 is 1.50 bits per heavy atom. The quantitative estimate of drug-likeness (QED) is 0.835. The summed E-state index contributed by atoms with van der Waals surface area (Å²) in [6.45, 7) is 5.33. The molecule has 2 unspecified atom stereocenters. The van der Waals surface area contributed by atoms with Crippen molar-refractivity contribution in [3.8, 4) is 0 Å². The lowest BCUT2D eigenvalue weighted by atomic mass is 10.1. The second-order valence-corrected chi connectivity index (χ2v) is 4.96. The molecule has 16 heavy (non-hydrogen) atoms. The molecule has 1 N–H and O–H groups in total. The van der Waals surface area contributed by atoms with Crippen LogP contribution in [0.5, 0.6) is 0 Å². The van der Waals surface area contributed by atoms with E-state index in [4.69, 9.17) is 4.52 Å². The minimum atomic E-state index is 0.646. The van der Waals surface area contributed by atoms with Gasteiger partial charge in [0.05, 0.1) is 12.2 Å². The molecule has 88 valence electrons. The summed E-state index contributed by atoms with van der Waals surface area (Å²) in [6.07, 6.45) is 4.00. The Bertz CT molecular complexity index is 363. The number of hydrogen-bond donors (Lipinski definition) is 1. The Morgan fingerprint density at radius 3 is 3.25 bits per heavy atom. The molecule has 4 heteroatoms. The van der Waals surface area contributed by atoms with Crippen LogP contribution in [0.3, 0.4) is 0 Å². The smallest absolute Gasteiger partial charge is 0.150 e. The molecule has 0 amide bonds. The molecular weight excluding hydrogens is 202 g/mol. The van der Waals surface area contributed by atoms with Gasteiger partial charge in [0.15, 0.2) is 5.76 Å². The van der Waals surface area contributed by atoms with Crippen LogP contribution in [0.1, 0.15) is 30.7 Å². The van der Waals surface area contributed by atoms with Gasteiger partial charge in [0.1, 0.15) is 0 Å². The van der Waals surface area contributed by atoms with Crippen molar-refractivity contribution < 1.29 is 4.52 Å². The lowest BCUT2D eigenvalue weighted by molar-refractivity contribution is 0.291. The van der Waals surface area contributed by atoms with Crippen LogP contribution >= 0.6 is 0 Å². The standard InChI is InChI=1S/C12H19N3O/c1-9-7-10(16-14-9)8-13-11-4-6-15-5-2-3-12(11)15/h7,11-13H,2-6,8H2,1H3. The Hall–Kier alpha value is -0.870. The van der Waals surface area contributed by atoms with E-state index in [9.17, 15) is 0 Å². The second-order valence-electron chi connectivity index (χ2n) is 4.96. The predicted molar refractivity (Wildman–Crippen MR) is 61.1 cm³/mol.